The molecule has 2 aromatic rings. The van der Waals surface area contributed by atoms with Crippen LogP contribution in [0.1, 0.15) is 0 Å². The van der Waals surface area contributed by atoms with Crippen LogP contribution in [0, 0.1) is 11.8 Å². The molecule has 4 nitrogen and oxygen atoms in total. The maximum absolute atomic E-state index is 13.5. The normalized spacial score (nSPS) is 11.3. The van der Waals surface area contributed by atoms with Gasteiger partial charge in [0.15, 0.2) is 0 Å². The van der Waals surface area contributed by atoms with Crippen molar-refractivity contribution in [3.05, 3.63) is 53.3 Å². The number of nitrogens with one attached hydrogen (secondary N) is 1. The molecule has 0 unspecified atom stereocenters. The molecule has 0 radical (unpaired) electrons. The number of sulfonamides is 1. The molecule has 1 heterocycles. The van der Waals surface area contributed by atoms with Crippen molar-refractivity contribution in [3.8, 4) is 0 Å². The summed E-state index contributed by atoms with van der Waals surface area (Å²) in [5, 5.41) is 0.0832. The Labute approximate surface area is 113 Å². The second kappa shape index (κ2) is 5.10. The molecule has 0 aliphatic rings. The van der Waals surface area contributed by atoms with E-state index in [2.05, 4.69) is 9.71 Å². The van der Waals surface area contributed by atoms with Gasteiger partial charge in [0.25, 0.3) is 10.0 Å². The third-order valence-electron chi connectivity index (χ3n) is 2.16. The molecule has 1 aromatic carbocycles. The Morgan fingerprint density at radius 2 is 1.89 bits per heavy atom. The summed E-state index contributed by atoms with van der Waals surface area (Å²) < 4.78 is 52.0. The molecule has 0 saturated heterocycles. The molecule has 0 atom stereocenters. The number of benzene rings is 1. The highest BCUT2D eigenvalue weighted by atomic mass is 35.5. The van der Waals surface area contributed by atoms with Gasteiger partial charge in [-0.2, -0.15) is 4.39 Å². The average molecular weight is 305 g/mol. The van der Waals surface area contributed by atoms with Gasteiger partial charge in [-0.15, -0.1) is 0 Å². The van der Waals surface area contributed by atoms with Crippen LogP contribution in [0.25, 0.3) is 0 Å². The van der Waals surface area contributed by atoms with Gasteiger partial charge in [-0.1, -0.05) is 11.6 Å². The van der Waals surface area contributed by atoms with E-state index in [1.807, 2.05) is 0 Å². The van der Waals surface area contributed by atoms with Crippen molar-refractivity contribution in [1.29, 1.82) is 0 Å². The van der Waals surface area contributed by atoms with Crippen molar-refractivity contribution in [1.82, 2.24) is 4.98 Å². The van der Waals surface area contributed by atoms with Gasteiger partial charge in [-0.25, -0.2) is 17.8 Å². The van der Waals surface area contributed by atoms with Crippen LogP contribution >= 0.6 is 11.6 Å². The van der Waals surface area contributed by atoms with Gasteiger partial charge in [-0.05, 0) is 30.3 Å². The molecule has 19 heavy (non-hydrogen) atoms. The molecule has 0 saturated carbocycles. The molecule has 0 spiro atoms. The summed E-state index contributed by atoms with van der Waals surface area (Å²) >= 11 is 5.54. The number of nitrogens with zero attached hydrogens (tertiary/aromatic N) is 1. The summed E-state index contributed by atoms with van der Waals surface area (Å²) in [6.07, 6.45) is 0.987. The zero-order valence-electron chi connectivity index (χ0n) is 9.27. The lowest BCUT2D eigenvalue weighted by Gasteiger charge is -2.08. The van der Waals surface area contributed by atoms with Crippen molar-refractivity contribution in [3.63, 3.8) is 0 Å². The highest BCUT2D eigenvalue weighted by Gasteiger charge is 2.19. The molecule has 2 rings (SSSR count). The highest BCUT2D eigenvalue weighted by molar-refractivity contribution is 7.92. The zero-order chi connectivity index (χ0) is 14.0. The number of halogens is 3. The SMILES string of the molecule is O=S(=O)(Nc1ccc(F)nc1)c1ccc(Cl)cc1F. The van der Waals surface area contributed by atoms with Crippen LogP contribution in [0.4, 0.5) is 14.5 Å². The van der Waals surface area contributed by atoms with E-state index in [0.717, 1.165) is 24.4 Å². The molecule has 0 aliphatic carbocycles. The van der Waals surface area contributed by atoms with Crippen LogP contribution < -0.4 is 4.72 Å². The smallest absolute Gasteiger partial charge is 0.264 e. The summed E-state index contributed by atoms with van der Waals surface area (Å²) in [4.78, 5) is 2.73. The van der Waals surface area contributed by atoms with Crippen LogP contribution in [-0.2, 0) is 10.0 Å². The van der Waals surface area contributed by atoms with E-state index in [1.165, 1.54) is 12.1 Å². The Hall–Kier alpha value is -1.73. The predicted octanol–water partition coefficient (Wildman–Crippen LogP) is 2.81. The summed E-state index contributed by atoms with van der Waals surface area (Å²) in [5.41, 5.74) is 0.0238. The third kappa shape index (κ3) is 3.18. The molecule has 100 valence electrons. The monoisotopic (exact) mass is 304 g/mol. The lowest BCUT2D eigenvalue weighted by Crippen LogP contribution is -2.14. The van der Waals surface area contributed by atoms with Gasteiger partial charge in [0.05, 0.1) is 11.9 Å². The maximum atomic E-state index is 13.5. The second-order valence-electron chi connectivity index (χ2n) is 3.55. The number of hydrogen-bond donors (Lipinski definition) is 1. The first-order chi connectivity index (χ1) is 8.88. The Morgan fingerprint density at radius 3 is 2.47 bits per heavy atom. The molecule has 0 amide bonds. The van der Waals surface area contributed by atoms with Gasteiger partial charge >= 0.3 is 0 Å². The van der Waals surface area contributed by atoms with Crippen molar-refractivity contribution >= 4 is 27.3 Å². The molecule has 0 aliphatic heterocycles. The molecular weight excluding hydrogens is 298 g/mol. The Bertz CT molecular complexity index is 705. The van der Waals surface area contributed by atoms with E-state index in [0.29, 0.717) is 0 Å². The topological polar surface area (TPSA) is 59.1 Å². The largest absolute Gasteiger partial charge is 0.278 e. The van der Waals surface area contributed by atoms with Crippen LogP contribution in [0.5, 0.6) is 0 Å². The number of rotatable bonds is 3. The number of hydrogen-bond acceptors (Lipinski definition) is 3. The highest BCUT2D eigenvalue weighted by Crippen LogP contribution is 2.21. The first-order valence-corrected chi connectivity index (χ1v) is 6.84. The first kappa shape index (κ1) is 13.7. The van der Waals surface area contributed by atoms with E-state index in [1.54, 1.807) is 0 Å². The fourth-order valence-corrected chi connectivity index (χ4v) is 2.60. The van der Waals surface area contributed by atoms with Crippen LogP contribution in [0.15, 0.2) is 41.4 Å². The summed E-state index contributed by atoms with van der Waals surface area (Å²) in [6, 6.07) is 5.34. The molecule has 1 N–H and O–H groups in total. The summed E-state index contributed by atoms with van der Waals surface area (Å²) in [5.74, 6) is -1.73. The van der Waals surface area contributed by atoms with Crippen molar-refractivity contribution in [2.24, 2.45) is 0 Å². The minimum Gasteiger partial charge on any atom is -0.278 e. The van der Waals surface area contributed by atoms with Gasteiger partial charge in [0.2, 0.25) is 5.95 Å². The fraction of sp³-hybridized carbons (Fsp3) is 0. The third-order valence-corrected chi connectivity index (χ3v) is 3.81. The van der Waals surface area contributed by atoms with Gasteiger partial charge in [-0.3, -0.25) is 4.72 Å². The standard InChI is InChI=1S/C11H7ClF2N2O2S/c12-7-1-3-10(9(13)5-7)19(17,18)16-8-2-4-11(14)15-6-8/h1-6,16H. The van der Waals surface area contributed by atoms with Gasteiger partial charge < -0.3 is 0 Å². The van der Waals surface area contributed by atoms with Gasteiger partial charge in [0, 0.05) is 5.02 Å². The quantitative estimate of drug-likeness (QED) is 0.887. The van der Waals surface area contributed by atoms with Crippen molar-refractivity contribution in [2.45, 2.75) is 4.90 Å². The number of pyridine rings is 1. The predicted molar refractivity (Wildman–Crippen MR) is 66.4 cm³/mol. The van der Waals surface area contributed by atoms with E-state index in [9.17, 15) is 17.2 Å². The molecule has 8 heteroatoms. The lowest BCUT2D eigenvalue weighted by molar-refractivity contribution is 0.569. The maximum Gasteiger partial charge on any atom is 0.264 e. The second-order valence-corrected chi connectivity index (χ2v) is 5.64. The summed E-state index contributed by atoms with van der Waals surface area (Å²) in [7, 11) is -4.12. The van der Waals surface area contributed by atoms with E-state index >= 15 is 0 Å². The number of aromatic nitrogens is 1. The molecule has 0 fully saturated rings. The van der Waals surface area contributed by atoms with Crippen LogP contribution in [-0.4, -0.2) is 13.4 Å². The van der Waals surface area contributed by atoms with E-state index < -0.39 is 26.7 Å². The molecule has 1 aromatic heterocycles. The minimum absolute atomic E-state index is 0.0238. The minimum atomic E-state index is -4.12. The van der Waals surface area contributed by atoms with E-state index in [-0.39, 0.29) is 10.7 Å². The Morgan fingerprint density at radius 1 is 1.16 bits per heavy atom. The van der Waals surface area contributed by atoms with Crippen molar-refractivity contribution in [2.75, 3.05) is 4.72 Å². The first-order valence-electron chi connectivity index (χ1n) is 4.98. The summed E-state index contributed by atoms with van der Waals surface area (Å²) in [6.45, 7) is 0. The van der Waals surface area contributed by atoms with E-state index in [4.69, 9.17) is 11.6 Å². The van der Waals surface area contributed by atoms with Crippen molar-refractivity contribution < 1.29 is 17.2 Å². The Balaban J connectivity index is 2.35. The lowest BCUT2D eigenvalue weighted by atomic mass is 10.3. The molecular formula is C11H7ClF2N2O2S. The molecule has 0 bridgehead atoms. The fourth-order valence-electron chi connectivity index (χ4n) is 1.34. The number of anilines is 1. The van der Waals surface area contributed by atoms with Gasteiger partial charge in [0.1, 0.15) is 10.7 Å². The zero-order valence-corrected chi connectivity index (χ0v) is 10.8. The Kier molecular flexibility index (Phi) is 3.68. The van der Waals surface area contributed by atoms with Crippen LogP contribution in [0.2, 0.25) is 5.02 Å². The average Bonchev–Trinajstić information content (AvgIpc) is 2.31. The van der Waals surface area contributed by atoms with Crippen LogP contribution in [0.3, 0.4) is 0 Å².